The molecule has 150 valence electrons. The fourth-order valence-corrected chi connectivity index (χ4v) is 3.40. The summed E-state index contributed by atoms with van der Waals surface area (Å²) in [6, 6.07) is 16.8. The van der Waals surface area contributed by atoms with Gasteiger partial charge in [-0.1, -0.05) is 45.0 Å². The Bertz CT molecular complexity index is 1000. The molecule has 0 saturated carbocycles. The second-order valence-corrected chi connectivity index (χ2v) is 8.81. The number of carbonyl (C=O) groups is 2. The number of benzene rings is 2. The van der Waals surface area contributed by atoms with Crippen LogP contribution in [0.3, 0.4) is 0 Å². The van der Waals surface area contributed by atoms with Crippen LogP contribution in [0.15, 0.2) is 60.0 Å². The predicted molar refractivity (Wildman–Crippen MR) is 120 cm³/mol. The van der Waals surface area contributed by atoms with Gasteiger partial charge in [-0.25, -0.2) is 0 Å². The summed E-state index contributed by atoms with van der Waals surface area (Å²) in [4.78, 5) is 25.7. The highest BCUT2D eigenvalue weighted by Crippen LogP contribution is 2.30. The lowest BCUT2D eigenvalue weighted by Crippen LogP contribution is -2.34. The minimum absolute atomic E-state index is 0.0135. The standard InChI is InChI=1S/C23H25N3O2S/c1-23(2,3)22(28)25-14-15-6-8-16(9-7-15)21(27)26-19-13-17(10-11-18(19)24)20-5-4-12-29-20/h4-13H,14,24H2,1-3H3,(H,25,28)(H,26,27). The first kappa shape index (κ1) is 20.6. The zero-order valence-corrected chi connectivity index (χ0v) is 17.6. The number of hydrogen-bond donors (Lipinski definition) is 3. The van der Waals surface area contributed by atoms with Gasteiger partial charge >= 0.3 is 0 Å². The van der Waals surface area contributed by atoms with Crippen LogP contribution in [0.25, 0.3) is 10.4 Å². The van der Waals surface area contributed by atoms with E-state index in [1.54, 1.807) is 29.5 Å². The molecule has 5 nitrogen and oxygen atoms in total. The molecule has 29 heavy (non-hydrogen) atoms. The third kappa shape index (κ3) is 5.23. The SMILES string of the molecule is CC(C)(C)C(=O)NCc1ccc(C(=O)Nc2cc(-c3cccs3)ccc2N)cc1. The van der Waals surface area contributed by atoms with Crippen molar-refractivity contribution in [3.8, 4) is 10.4 Å². The number of carbonyl (C=O) groups excluding carboxylic acids is 2. The summed E-state index contributed by atoms with van der Waals surface area (Å²) in [5.74, 6) is -0.245. The van der Waals surface area contributed by atoms with Crippen molar-refractivity contribution in [2.45, 2.75) is 27.3 Å². The van der Waals surface area contributed by atoms with Crippen molar-refractivity contribution in [1.82, 2.24) is 5.32 Å². The van der Waals surface area contributed by atoms with Gasteiger partial charge in [0, 0.05) is 22.4 Å². The Hall–Kier alpha value is -3.12. The van der Waals surface area contributed by atoms with Crippen molar-refractivity contribution in [3.05, 3.63) is 71.1 Å². The van der Waals surface area contributed by atoms with Crippen molar-refractivity contribution in [2.24, 2.45) is 5.41 Å². The maximum absolute atomic E-state index is 12.6. The summed E-state index contributed by atoms with van der Waals surface area (Å²) < 4.78 is 0. The molecular formula is C23H25N3O2S. The van der Waals surface area contributed by atoms with Gasteiger partial charge in [-0.15, -0.1) is 11.3 Å². The van der Waals surface area contributed by atoms with E-state index in [4.69, 9.17) is 5.73 Å². The summed E-state index contributed by atoms with van der Waals surface area (Å²) in [5.41, 5.74) is 9.17. The molecule has 0 aliphatic heterocycles. The number of nitrogens with one attached hydrogen (secondary N) is 2. The number of nitrogen functional groups attached to an aromatic ring is 1. The molecule has 2 amide bonds. The zero-order valence-electron chi connectivity index (χ0n) is 16.8. The van der Waals surface area contributed by atoms with Gasteiger partial charge in [0.25, 0.3) is 5.91 Å². The van der Waals surface area contributed by atoms with Gasteiger partial charge in [-0.2, -0.15) is 0 Å². The van der Waals surface area contributed by atoms with E-state index in [2.05, 4.69) is 10.6 Å². The van der Waals surface area contributed by atoms with Crippen LogP contribution in [0.1, 0.15) is 36.7 Å². The Kier molecular flexibility index (Phi) is 6.03. The molecule has 2 aromatic carbocycles. The summed E-state index contributed by atoms with van der Waals surface area (Å²) in [6.45, 7) is 6.03. The molecule has 0 aliphatic carbocycles. The number of rotatable bonds is 5. The molecule has 6 heteroatoms. The number of anilines is 2. The molecule has 3 aromatic rings. The van der Waals surface area contributed by atoms with Gasteiger partial charge in [0.1, 0.15) is 0 Å². The number of hydrogen-bond acceptors (Lipinski definition) is 4. The zero-order chi connectivity index (χ0) is 21.0. The first-order valence-electron chi connectivity index (χ1n) is 9.36. The van der Waals surface area contributed by atoms with Crippen molar-refractivity contribution in [3.63, 3.8) is 0 Å². The van der Waals surface area contributed by atoms with Crippen LogP contribution in [0.2, 0.25) is 0 Å². The lowest BCUT2D eigenvalue weighted by Gasteiger charge is -2.17. The molecule has 3 rings (SSSR count). The van der Waals surface area contributed by atoms with Gasteiger partial charge < -0.3 is 16.4 Å². The van der Waals surface area contributed by atoms with Crippen LogP contribution in [-0.2, 0) is 11.3 Å². The minimum atomic E-state index is -0.433. The lowest BCUT2D eigenvalue weighted by atomic mass is 9.95. The van der Waals surface area contributed by atoms with E-state index in [0.717, 1.165) is 16.0 Å². The van der Waals surface area contributed by atoms with Gasteiger partial charge in [0.15, 0.2) is 0 Å². The summed E-state index contributed by atoms with van der Waals surface area (Å²) in [5, 5.41) is 7.80. The van der Waals surface area contributed by atoms with Crippen molar-refractivity contribution in [1.29, 1.82) is 0 Å². The van der Waals surface area contributed by atoms with Crippen LogP contribution in [0.4, 0.5) is 11.4 Å². The average Bonchev–Trinajstić information content (AvgIpc) is 3.22. The highest BCUT2D eigenvalue weighted by atomic mass is 32.1. The van der Waals surface area contributed by atoms with E-state index in [1.165, 1.54) is 0 Å². The molecular weight excluding hydrogens is 382 g/mol. The molecule has 1 aromatic heterocycles. The molecule has 0 atom stereocenters. The molecule has 0 radical (unpaired) electrons. The predicted octanol–water partition coefficient (Wildman–Crippen LogP) is 4.91. The number of thiophene rings is 1. The third-order valence-electron chi connectivity index (χ3n) is 4.46. The quantitative estimate of drug-likeness (QED) is 0.525. The highest BCUT2D eigenvalue weighted by molar-refractivity contribution is 7.13. The van der Waals surface area contributed by atoms with E-state index < -0.39 is 5.41 Å². The highest BCUT2D eigenvalue weighted by Gasteiger charge is 2.20. The van der Waals surface area contributed by atoms with E-state index >= 15 is 0 Å². The summed E-state index contributed by atoms with van der Waals surface area (Å²) in [7, 11) is 0. The molecule has 0 saturated heterocycles. The second kappa shape index (κ2) is 8.49. The molecule has 1 heterocycles. The van der Waals surface area contributed by atoms with Crippen molar-refractivity contribution in [2.75, 3.05) is 11.1 Å². The van der Waals surface area contributed by atoms with Crippen molar-refractivity contribution >= 4 is 34.5 Å². The molecule has 0 fully saturated rings. The van der Waals surface area contributed by atoms with Crippen LogP contribution in [-0.4, -0.2) is 11.8 Å². The van der Waals surface area contributed by atoms with Gasteiger partial charge in [0.05, 0.1) is 11.4 Å². The smallest absolute Gasteiger partial charge is 0.255 e. The molecule has 0 bridgehead atoms. The maximum Gasteiger partial charge on any atom is 0.255 e. The summed E-state index contributed by atoms with van der Waals surface area (Å²) >= 11 is 1.63. The molecule has 0 unspecified atom stereocenters. The summed E-state index contributed by atoms with van der Waals surface area (Å²) in [6.07, 6.45) is 0. The molecule has 4 N–H and O–H groups in total. The van der Waals surface area contributed by atoms with Crippen LogP contribution in [0.5, 0.6) is 0 Å². The fourth-order valence-electron chi connectivity index (χ4n) is 2.68. The van der Waals surface area contributed by atoms with E-state index in [1.807, 2.05) is 62.5 Å². The molecule has 0 aliphatic rings. The first-order valence-corrected chi connectivity index (χ1v) is 10.2. The Labute approximate surface area is 175 Å². The largest absolute Gasteiger partial charge is 0.397 e. The average molecular weight is 408 g/mol. The van der Waals surface area contributed by atoms with Gasteiger partial charge in [-0.3, -0.25) is 9.59 Å². The minimum Gasteiger partial charge on any atom is -0.397 e. The monoisotopic (exact) mass is 407 g/mol. The Balaban J connectivity index is 1.67. The van der Waals surface area contributed by atoms with Crippen LogP contribution < -0.4 is 16.4 Å². The van der Waals surface area contributed by atoms with E-state index in [0.29, 0.717) is 23.5 Å². The van der Waals surface area contributed by atoms with Gasteiger partial charge in [0.2, 0.25) is 5.91 Å². The van der Waals surface area contributed by atoms with Crippen LogP contribution in [0, 0.1) is 5.41 Å². The Morgan fingerprint density at radius 3 is 2.38 bits per heavy atom. The third-order valence-corrected chi connectivity index (χ3v) is 5.38. The lowest BCUT2D eigenvalue weighted by molar-refractivity contribution is -0.128. The number of nitrogens with two attached hydrogens (primary N) is 1. The van der Waals surface area contributed by atoms with Crippen LogP contribution >= 0.6 is 11.3 Å². The topological polar surface area (TPSA) is 84.2 Å². The fraction of sp³-hybridized carbons (Fsp3) is 0.217. The van der Waals surface area contributed by atoms with Gasteiger partial charge in [-0.05, 0) is 46.8 Å². The maximum atomic E-state index is 12.6. The van der Waals surface area contributed by atoms with E-state index in [9.17, 15) is 9.59 Å². The second-order valence-electron chi connectivity index (χ2n) is 7.86. The van der Waals surface area contributed by atoms with E-state index in [-0.39, 0.29) is 11.8 Å². The Morgan fingerprint density at radius 1 is 1.03 bits per heavy atom. The first-order chi connectivity index (χ1) is 13.7. The normalized spacial score (nSPS) is 11.1. The Morgan fingerprint density at radius 2 is 1.76 bits per heavy atom. The van der Waals surface area contributed by atoms with Crippen molar-refractivity contribution < 1.29 is 9.59 Å². The molecule has 0 spiro atoms. The number of amides is 2.